The summed E-state index contributed by atoms with van der Waals surface area (Å²) in [5.41, 5.74) is -17.1. The molecule has 1 aliphatic rings. The molecule has 0 aromatic heterocycles. The summed E-state index contributed by atoms with van der Waals surface area (Å²) >= 11 is 0. The minimum atomic E-state index is -2.14. The molecule has 0 radical (unpaired) electrons. The zero-order valence-corrected chi connectivity index (χ0v) is 49.5. The lowest BCUT2D eigenvalue weighted by Gasteiger charge is -2.33. The van der Waals surface area contributed by atoms with Gasteiger partial charge in [-0.2, -0.15) is 0 Å². The summed E-state index contributed by atoms with van der Waals surface area (Å²) in [6, 6.07) is 0. The molecule has 0 amide bonds. The summed E-state index contributed by atoms with van der Waals surface area (Å²) in [6.45, 7) is 18.0. The minimum Gasteiger partial charge on any atom is -0.479 e. The van der Waals surface area contributed by atoms with Crippen LogP contribution in [-0.4, -0.2) is 199 Å². The van der Waals surface area contributed by atoms with Gasteiger partial charge in [-0.3, -0.25) is 19.2 Å². The van der Waals surface area contributed by atoms with Crippen molar-refractivity contribution in [2.45, 2.75) is 50.2 Å². The van der Waals surface area contributed by atoms with Crippen molar-refractivity contribution in [1.82, 2.24) is 0 Å². The third kappa shape index (κ3) is 17.8. The van der Waals surface area contributed by atoms with Crippen molar-refractivity contribution in [3.63, 3.8) is 0 Å². The first-order chi connectivity index (χ1) is 45.4. The summed E-state index contributed by atoms with van der Waals surface area (Å²) in [6.07, 6.45) is 20.5. The zero-order valence-electron chi connectivity index (χ0n) is 49.5. The number of carboxylic acid groups (broad SMARTS) is 10. The molecule has 3 aromatic rings. The molecule has 0 bridgehead atoms. The van der Waals surface area contributed by atoms with Crippen LogP contribution in [0, 0.1) is 68.6 Å². The second kappa shape index (κ2) is 35.6. The molecule has 3 aromatic carbocycles. The van der Waals surface area contributed by atoms with E-state index in [0.29, 0.717) is 24.3 Å². The topological polar surface area (TPSA) is 553 Å². The van der Waals surface area contributed by atoms with E-state index in [9.17, 15) is 102 Å². The maximum atomic E-state index is 13.0. The molecule has 12 N–H and O–H groups in total. The van der Waals surface area contributed by atoms with Crippen molar-refractivity contribution in [1.29, 1.82) is 0 Å². The van der Waals surface area contributed by atoms with Crippen LogP contribution < -0.4 is 0 Å². The molecule has 1 heterocycles. The highest BCUT2D eigenvalue weighted by Gasteiger charge is 2.45. The zero-order chi connectivity index (χ0) is 75.1. The molecule has 1 saturated heterocycles. The van der Waals surface area contributed by atoms with E-state index in [1.54, 1.807) is 0 Å². The molecule has 4 rings (SSSR count). The number of esters is 2. The molecule has 6 unspecified atom stereocenters. The highest BCUT2D eigenvalue weighted by molar-refractivity contribution is 6.28. The van der Waals surface area contributed by atoms with Crippen molar-refractivity contribution >= 4 is 94.8 Å². The minimum absolute atomic E-state index is 0.515. The molecule has 1 fully saturated rings. The number of terminal acetylenes is 5. The van der Waals surface area contributed by atoms with Gasteiger partial charge in [0.15, 0.2) is 53.7 Å². The molecular formula is C65H48O32. The maximum absolute atomic E-state index is 13.0. The fourth-order valence-corrected chi connectivity index (χ4v) is 8.66. The Morgan fingerprint density at radius 3 is 0.897 bits per heavy atom. The number of rotatable bonds is 26. The van der Waals surface area contributed by atoms with E-state index in [1.807, 2.05) is 29.6 Å². The van der Waals surface area contributed by atoms with Crippen LogP contribution in [-0.2, 0) is 49.5 Å². The Kier molecular flexibility index (Phi) is 29.8. The maximum Gasteiger partial charge on any atom is 0.349 e. The first-order valence-electron chi connectivity index (χ1n) is 25.5. The van der Waals surface area contributed by atoms with Crippen molar-refractivity contribution in [3.05, 3.63) is 165 Å². The number of ether oxygens (including phenoxy) is 4. The number of aromatic carboxylic acids is 7. The van der Waals surface area contributed by atoms with Crippen LogP contribution in [0.3, 0.4) is 0 Å². The monoisotopic (exact) mass is 1340 g/mol. The molecule has 32 heteroatoms. The number of carbonyl (C=O) groups excluding carboxylic acids is 6. The van der Waals surface area contributed by atoms with E-state index in [4.69, 9.17) is 77.3 Å². The van der Waals surface area contributed by atoms with E-state index >= 15 is 0 Å². The third-order valence-electron chi connectivity index (χ3n) is 12.5. The van der Waals surface area contributed by atoms with Crippen LogP contribution >= 0.6 is 0 Å². The highest BCUT2D eigenvalue weighted by atomic mass is 16.6. The van der Waals surface area contributed by atoms with E-state index in [-0.39, 0.29) is 0 Å². The van der Waals surface area contributed by atoms with Gasteiger partial charge in [-0.15, -0.1) is 32.1 Å². The number of allylic oxidation sites excluding steroid dienone is 4. The summed E-state index contributed by atoms with van der Waals surface area (Å²) in [7, 11) is 0. The van der Waals surface area contributed by atoms with Gasteiger partial charge in [0.1, 0.15) is 0 Å². The number of carbonyl (C=O) groups is 16. The van der Waals surface area contributed by atoms with Gasteiger partial charge in [-0.1, -0.05) is 69.1 Å². The first kappa shape index (κ1) is 81.1. The van der Waals surface area contributed by atoms with Crippen molar-refractivity contribution < 1.29 is 157 Å². The van der Waals surface area contributed by atoms with Gasteiger partial charge in [-0.05, 0) is 36.8 Å². The van der Waals surface area contributed by atoms with Gasteiger partial charge in [0.05, 0.1) is 68.8 Å². The van der Waals surface area contributed by atoms with Gasteiger partial charge >= 0.3 is 71.6 Å². The quantitative estimate of drug-likeness (QED) is 0.0237. The molecule has 0 saturated carbocycles. The second-order valence-electron chi connectivity index (χ2n) is 17.8. The fraction of sp³-hybridized carbons (Fsp3) is 0.138. The van der Waals surface area contributed by atoms with E-state index in [2.05, 4.69) is 48.9 Å². The van der Waals surface area contributed by atoms with E-state index in [1.165, 1.54) is 0 Å². The van der Waals surface area contributed by atoms with Crippen molar-refractivity contribution in [2.24, 2.45) is 0 Å². The standard InChI is InChI=1S/C30H22O13.C15H6O6.C10H12O7.C10H8O6/c1-6-13(32)17-11(5)18(14(33)7-2)24(28(38)39)21(23(17)27(36)37)22-25(29(40)41)19(15(34)8-3)12(10-31)20(16(35)9-4)26(22)30(42)43;1-4-7-10(13(16)17)8(5-2)12(15(20)21)9(6-3)11(7)14(18)19;1-3-7(12)16-6(5-11)9(10(14)15)17-8(13)4-2;1-3-5-7(9(11)12)16-6(4-2)8(15-5)10(13)14/h6-9,31H,1-4,10H2,5H3,(H,36,37)(H,38,39)(H,40,41)(H,42,43);1-3H,(H,16,17)(H,18,19)(H,20,21);3-4,6,9,11H,1-2,5H2,(H,14,15);1-2,5-8H,(H,11,12)(H,13,14). The van der Waals surface area contributed by atoms with Crippen LogP contribution in [0.1, 0.15) is 142 Å². The van der Waals surface area contributed by atoms with E-state index < -0.39 is 245 Å². The second-order valence-corrected chi connectivity index (χ2v) is 17.8. The molecule has 97 heavy (non-hydrogen) atoms. The Bertz CT molecular complexity index is 3960. The number of aliphatic hydroxyl groups is 2. The lowest BCUT2D eigenvalue weighted by molar-refractivity contribution is -0.210. The van der Waals surface area contributed by atoms with Gasteiger partial charge in [0, 0.05) is 51.1 Å². The third-order valence-corrected chi connectivity index (χ3v) is 12.5. The van der Waals surface area contributed by atoms with Gasteiger partial charge in [0.2, 0.25) is 6.10 Å². The predicted octanol–water partition coefficient (Wildman–Crippen LogP) is 2.35. The summed E-state index contributed by atoms with van der Waals surface area (Å²) in [5.74, 6) is -14.9. The number of aliphatic hydroxyl groups excluding tert-OH is 2. The molecule has 6 atom stereocenters. The average Bonchev–Trinajstić information content (AvgIpc) is 0.715. The molecule has 32 nitrogen and oxygen atoms in total. The predicted molar refractivity (Wildman–Crippen MR) is 325 cm³/mol. The van der Waals surface area contributed by atoms with Crippen LogP contribution in [0.15, 0.2) is 75.9 Å². The Morgan fingerprint density at radius 1 is 0.423 bits per heavy atom. The Hall–Kier alpha value is -13.9. The van der Waals surface area contributed by atoms with Gasteiger partial charge in [-0.25, -0.2) is 57.5 Å². The summed E-state index contributed by atoms with van der Waals surface area (Å²) < 4.78 is 18.7. The summed E-state index contributed by atoms with van der Waals surface area (Å²) in [5, 5.41) is 114. The number of hydrogen-bond donors (Lipinski definition) is 12. The number of carboxylic acids is 10. The van der Waals surface area contributed by atoms with Gasteiger partial charge < -0.3 is 80.2 Å². The number of hydrogen-bond acceptors (Lipinski definition) is 22. The Morgan fingerprint density at radius 2 is 0.691 bits per heavy atom. The lowest BCUT2D eigenvalue weighted by Crippen LogP contribution is -2.54. The van der Waals surface area contributed by atoms with Crippen molar-refractivity contribution in [2.75, 3.05) is 6.61 Å². The molecule has 0 aliphatic carbocycles. The fourth-order valence-electron chi connectivity index (χ4n) is 8.66. The first-order valence-corrected chi connectivity index (χ1v) is 25.5. The number of benzene rings is 3. The Labute approximate surface area is 544 Å². The average molecular weight is 1340 g/mol. The van der Waals surface area contributed by atoms with Crippen LogP contribution in [0.25, 0.3) is 11.1 Å². The summed E-state index contributed by atoms with van der Waals surface area (Å²) in [4.78, 5) is 191. The van der Waals surface area contributed by atoms with Crippen molar-refractivity contribution in [3.8, 4) is 72.8 Å². The van der Waals surface area contributed by atoms with Crippen LogP contribution in [0.4, 0.5) is 0 Å². The van der Waals surface area contributed by atoms with Crippen LogP contribution in [0.2, 0.25) is 0 Å². The normalized spacial score (nSPS) is 14.3. The number of aliphatic carboxylic acids is 3. The number of ketones is 4. The highest BCUT2D eigenvalue weighted by Crippen LogP contribution is 2.44. The SMILES string of the molecule is C#CC1OC(C(=O)O)C(C#C)OC1C(=O)O.C#Cc1c(C(=O)O)c(C#C)c(C(=O)O)c(C#C)c1C(=O)O.C=CC(=O)OC(CO)C(OC(=O)C=C)C(=O)O.C=CC(=O)c1c(C)c(C(=O)C=C)c(C(=O)O)c(-c2c(C(=O)O)c(C(=O)C=C)c(CO)c(C(=O)C=C)c2C(=O)O)c1C(=O)O. The largest absolute Gasteiger partial charge is 0.479 e. The molecule has 500 valence electrons. The lowest BCUT2D eigenvalue weighted by atomic mass is 9.75. The molecule has 0 spiro atoms. The Balaban J connectivity index is 0.000000722. The molecular weight excluding hydrogens is 1290 g/mol. The van der Waals surface area contributed by atoms with Gasteiger partial charge in [0.25, 0.3) is 0 Å². The molecule has 1 aliphatic heterocycles. The van der Waals surface area contributed by atoms with E-state index in [0.717, 1.165) is 19.1 Å². The smallest absolute Gasteiger partial charge is 0.349 e. The van der Waals surface area contributed by atoms with Crippen LogP contribution in [0.5, 0.6) is 0 Å².